The van der Waals surface area contributed by atoms with Crippen LogP contribution in [0.15, 0.2) is 36.4 Å². The molecule has 0 spiro atoms. The number of alkyl halides is 2. The molecule has 1 aliphatic rings. The van der Waals surface area contributed by atoms with Gasteiger partial charge in [-0.25, -0.2) is 0 Å². The predicted molar refractivity (Wildman–Crippen MR) is 108 cm³/mol. The van der Waals surface area contributed by atoms with Gasteiger partial charge in [0.05, 0.1) is 18.1 Å². The van der Waals surface area contributed by atoms with Gasteiger partial charge in [-0.05, 0) is 18.6 Å². The highest BCUT2D eigenvalue weighted by Gasteiger charge is 2.25. The highest BCUT2D eigenvalue weighted by Crippen LogP contribution is 2.36. The van der Waals surface area contributed by atoms with E-state index in [1.807, 2.05) is 0 Å². The molecule has 2 aromatic rings. The van der Waals surface area contributed by atoms with E-state index in [1.54, 1.807) is 0 Å². The molecule has 0 unspecified atom stereocenters. The number of ether oxygens (including phenoxy) is 2. The number of halogens is 2. The lowest BCUT2D eigenvalue weighted by Gasteiger charge is -2.34. The molecule has 0 radical (unpaired) electrons. The number of piperazine rings is 1. The van der Waals surface area contributed by atoms with Crippen molar-refractivity contribution in [1.82, 2.24) is 9.80 Å². The molecule has 2 aromatic carbocycles. The Kier molecular flexibility index (Phi) is 7.17. The minimum atomic E-state index is -3.09. The van der Waals surface area contributed by atoms with Crippen LogP contribution in [0.1, 0.15) is 16.7 Å². The monoisotopic (exact) mass is 421 g/mol. The topological polar surface area (TPSA) is 68.1 Å². The molecule has 9 heteroatoms. The third-order valence-corrected chi connectivity index (χ3v) is 5.13. The van der Waals surface area contributed by atoms with Gasteiger partial charge in [0.15, 0.2) is 11.5 Å². The van der Waals surface area contributed by atoms with Crippen LogP contribution in [0.2, 0.25) is 0 Å². The molecular weight excluding hydrogens is 396 g/mol. The van der Waals surface area contributed by atoms with E-state index in [4.69, 9.17) is 4.74 Å². The molecule has 162 valence electrons. The number of aryl methyl sites for hydroxylation is 1. The average molecular weight is 421 g/mol. The van der Waals surface area contributed by atoms with Crippen molar-refractivity contribution in [1.29, 1.82) is 0 Å². The number of benzene rings is 2. The van der Waals surface area contributed by atoms with Crippen LogP contribution in [0.5, 0.6) is 11.5 Å². The summed E-state index contributed by atoms with van der Waals surface area (Å²) in [4.78, 5) is 15.4. The summed E-state index contributed by atoms with van der Waals surface area (Å²) in [5.74, 6) is -0.292. The van der Waals surface area contributed by atoms with E-state index in [9.17, 15) is 18.9 Å². The summed E-state index contributed by atoms with van der Waals surface area (Å²) < 4.78 is 34.7. The summed E-state index contributed by atoms with van der Waals surface area (Å²) in [5, 5.41) is 11.5. The Morgan fingerprint density at radius 3 is 2.30 bits per heavy atom. The van der Waals surface area contributed by atoms with E-state index in [1.165, 1.54) is 24.3 Å². The molecule has 0 bridgehead atoms. The van der Waals surface area contributed by atoms with Crippen LogP contribution < -0.4 is 9.47 Å². The van der Waals surface area contributed by atoms with Gasteiger partial charge < -0.3 is 9.47 Å². The fourth-order valence-electron chi connectivity index (χ4n) is 3.65. The molecule has 7 nitrogen and oxygen atoms in total. The summed E-state index contributed by atoms with van der Waals surface area (Å²) in [6, 6.07) is 10.8. The molecule has 0 aliphatic carbocycles. The molecule has 1 aliphatic heterocycles. The van der Waals surface area contributed by atoms with Gasteiger partial charge in [0, 0.05) is 44.8 Å². The number of nitrogens with zero attached hydrogens (tertiary/aromatic N) is 3. The van der Waals surface area contributed by atoms with Crippen LogP contribution >= 0.6 is 0 Å². The lowest BCUT2D eigenvalue weighted by molar-refractivity contribution is -0.385. The molecule has 1 fully saturated rings. The summed E-state index contributed by atoms with van der Waals surface area (Å²) in [7, 11) is 1.31. The van der Waals surface area contributed by atoms with E-state index in [0.29, 0.717) is 12.1 Å². The first kappa shape index (κ1) is 21.9. The molecule has 1 heterocycles. The number of hydrogen-bond donors (Lipinski definition) is 0. The summed E-state index contributed by atoms with van der Waals surface area (Å²) in [5.41, 5.74) is 2.64. The summed E-state index contributed by atoms with van der Waals surface area (Å²) >= 11 is 0. The molecule has 0 aromatic heterocycles. The van der Waals surface area contributed by atoms with Gasteiger partial charge in [-0.3, -0.25) is 19.9 Å². The minimum Gasteiger partial charge on any atom is -0.493 e. The van der Waals surface area contributed by atoms with Crippen molar-refractivity contribution in [3.05, 3.63) is 63.2 Å². The van der Waals surface area contributed by atoms with Gasteiger partial charge >= 0.3 is 6.61 Å². The van der Waals surface area contributed by atoms with Crippen molar-refractivity contribution in [3.63, 3.8) is 0 Å². The van der Waals surface area contributed by atoms with E-state index >= 15 is 0 Å². The number of nitro groups is 1. The zero-order valence-corrected chi connectivity index (χ0v) is 17.0. The number of nitro benzene ring substituents is 1. The van der Waals surface area contributed by atoms with Gasteiger partial charge in [0.1, 0.15) is 0 Å². The Morgan fingerprint density at radius 2 is 1.73 bits per heavy atom. The molecule has 1 saturated heterocycles. The minimum absolute atomic E-state index is 0.0500. The maximum absolute atomic E-state index is 12.6. The molecule has 30 heavy (non-hydrogen) atoms. The average Bonchev–Trinajstić information content (AvgIpc) is 2.69. The summed E-state index contributed by atoms with van der Waals surface area (Å²) in [6.45, 7) is 3.35. The van der Waals surface area contributed by atoms with Gasteiger partial charge in [-0.15, -0.1) is 0 Å². The second-order valence-electron chi connectivity index (χ2n) is 7.31. The zero-order valence-electron chi connectivity index (χ0n) is 17.0. The van der Waals surface area contributed by atoms with Crippen LogP contribution in [0.4, 0.5) is 14.5 Å². The normalized spacial score (nSPS) is 15.4. The Bertz CT molecular complexity index is 887. The smallest absolute Gasteiger partial charge is 0.387 e. The number of rotatable bonds is 8. The fraction of sp³-hybridized carbons (Fsp3) is 0.429. The largest absolute Gasteiger partial charge is 0.493 e. The zero-order chi connectivity index (χ0) is 21.7. The molecule has 3 rings (SSSR count). The fourth-order valence-corrected chi connectivity index (χ4v) is 3.65. The highest BCUT2D eigenvalue weighted by molar-refractivity contribution is 5.54. The maximum Gasteiger partial charge on any atom is 0.387 e. The van der Waals surface area contributed by atoms with E-state index in [0.717, 1.165) is 38.8 Å². The first-order valence-corrected chi connectivity index (χ1v) is 9.66. The van der Waals surface area contributed by atoms with Crippen LogP contribution in [0.25, 0.3) is 0 Å². The van der Waals surface area contributed by atoms with Crippen molar-refractivity contribution < 1.29 is 23.2 Å². The molecule has 0 N–H and O–H groups in total. The third-order valence-electron chi connectivity index (χ3n) is 5.13. The van der Waals surface area contributed by atoms with Gasteiger partial charge in [-0.2, -0.15) is 8.78 Å². The van der Waals surface area contributed by atoms with Crippen molar-refractivity contribution in [3.8, 4) is 11.5 Å². The van der Waals surface area contributed by atoms with Crippen LogP contribution in [0.3, 0.4) is 0 Å². The molecular formula is C21H25F2N3O4. The third kappa shape index (κ3) is 5.64. The lowest BCUT2D eigenvalue weighted by Crippen LogP contribution is -2.45. The summed E-state index contributed by atoms with van der Waals surface area (Å²) in [6.07, 6.45) is 0. The maximum atomic E-state index is 12.6. The molecule has 0 saturated carbocycles. The number of hydrogen-bond acceptors (Lipinski definition) is 6. The lowest BCUT2D eigenvalue weighted by atomic mass is 10.1. The first-order valence-electron chi connectivity index (χ1n) is 9.66. The van der Waals surface area contributed by atoms with Crippen LogP contribution in [0, 0.1) is 17.0 Å². The predicted octanol–water partition coefficient (Wildman–Crippen LogP) is 3.83. The first-order chi connectivity index (χ1) is 14.4. The molecule has 0 amide bonds. The standard InChI is InChI=1S/C21H25F2N3O4/c1-15-4-3-5-16(10-15)13-24-6-8-25(9-7-24)14-17-11-19(29-2)20(30-21(22)23)12-18(17)26(27)28/h3-5,10-12,21H,6-9,13-14H2,1-2H3. The van der Waals surface area contributed by atoms with Crippen molar-refractivity contribution in [2.45, 2.75) is 26.6 Å². The van der Waals surface area contributed by atoms with E-state index in [2.05, 4.69) is 45.7 Å². The van der Waals surface area contributed by atoms with Crippen LogP contribution in [-0.4, -0.2) is 54.6 Å². The second kappa shape index (κ2) is 9.82. The van der Waals surface area contributed by atoms with Gasteiger partial charge in [-0.1, -0.05) is 29.8 Å². The Hall–Kier alpha value is -2.78. The second-order valence-corrected chi connectivity index (χ2v) is 7.31. The Labute approximate surface area is 173 Å². The van der Waals surface area contributed by atoms with E-state index in [-0.39, 0.29) is 17.2 Å². The Balaban J connectivity index is 1.67. The SMILES string of the molecule is COc1cc(CN2CCN(Cc3cccc(C)c3)CC2)c([N+](=O)[O-])cc1OC(F)F. The Morgan fingerprint density at radius 1 is 1.07 bits per heavy atom. The van der Waals surface area contributed by atoms with Gasteiger partial charge in [0.2, 0.25) is 0 Å². The van der Waals surface area contributed by atoms with Gasteiger partial charge in [0.25, 0.3) is 5.69 Å². The van der Waals surface area contributed by atoms with Crippen molar-refractivity contribution in [2.24, 2.45) is 0 Å². The number of methoxy groups -OCH3 is 1. The quantitative estimate of drug-likeness (QED) is 0.477. The van der Waals surface area contributed by atoms with E-state index < -0.39 is 11.5 Å². The van der Waals surface area contributed by atoms with Crippen molar-refractivity contribution >= 4 is 5.69 Å². The molecule has 0 atom stereocenters. The highest BCUT2D eigenvalue weighted by atomic mass is 19.3. The van der Waals surface area contributed by atoms with Crippen LogP contribution in [-0.2, 0) is 13.1 Å². The van der Waals surface area contributed by atoms with Crippen molar-refractivity contribution in [2.75, 3.05) is 33.3 Å².